The van der Waals surface area contributed by atoms with Gasteiger partial charge in [-0.05, 0) is 52.2 Å². The van der Waals surface area contributed by atoms with Crippen LogP contribution in [0.4, 0.5) is 5.69 Å². The first-order chi connectivity index (χ1) is 17.9. The van der Waals surface area contributed by atoms with Gasteiger partial charge in [-0.2, -0.15) is 0 Å². The summed E-state index contributed by atoms with van der Waals surface area (Å²) in [6, 6.07) is 23.4. The molecule has 0 aliphatic rings. The molecule has 0 bridgehead atoms. The zero-order valence-corrected chi connectivity index (χ0v) is 25.9. The van der Waals surface area contributed by atoms with Gasteiger partial charge in [0, 0.05) is 22.5 Å². The Morgan fingerprint density at radius 3 is 2.03 bits per heavy atom. The molecule has 0 amide bonds. The van der Waals surface area contributed by atoms with Gasteiger partial charge >= 0.3 is 0 Å². The second-order valence-electron chi connectivity index (χ2n) is 12.6. The molecule has 0 radical (unpaired) electrons. The van der Waals surface area contributed by atoms with Crippen molar-refractivity contribution in [3.05, 3.63) is 89.0 Å². The molecule has 0 aromatic heterocycles. The molecule has 204 valence electrons. The first-order valence-corrected chi connectivity index (χ1v) is 15.3. The van der Waals surface area contributed by atoms with Gasteiger partial charge in [-0.3, -0.25) is 4.99 Å². The SMILES string of the molecule is CCCCCC(CC)(Pc1ccccc1C=Nc1ccccc1)c1cc(C(C)(C)C)cc(C(C)(C)C)c1O. The van der Waals surface area contributed by atoms with E-state index in [2.05, 4.69) is 91.8 Å². The minimum atomic E-state index is -0.146. The van der Waals surface area contributed by atoms with Crippen molar-refractivity contribution in [2.45, 2.75) is 103 Å². The maximum absolute atomic E-state index is 11.9. The molecule has 2 nitrogen and oxygen atoms in total. The number of benzene rings is 3. The van der Waals surface area contributed by atoms with Crippen LogP contribution in [-0.2, 0) is 16.0 Å². The molecule has 3 heteroatoms. The van der Waals surface area contributed by atoms with Crippen molar-refractivity contribution in [1.82, 2.24) is 0 Å². The number of hydrogen-bond acceptors (Lipinski definition) is 2. The second kappa shape index (κ2) is 12.6. The summed E-state index contributed by atoms with van der Waals surface area (Å²) in [5, 5.41) is 13.1. The van der Waals surface area contributed by atoms with Crippen molar-refractivity contribution in [2.24, 2.45) is 4.99 Å². The van der Waals surface area contributed by atoms with Crippen molar-refractivity contribution < 1.29 is 5.11 Å². The van der Waals surface area contributed by atoms with Gasteiger partial charge in [-0.15, -0.1) is 0 Å². The van der Waals surface area contributed by atoms with Crippen molar-refractivity contribution in [1.29, 1.82) is 0 Å². The maximum atomic E-state index is 11.9. The van der Waals surface area contributed by atoms with E-state index in [4.69, 9.17) is 4.99 Å². The normalized spacial score (nSPS) is 14.4. The van der Waals surface area contributed by atoms with Gasteiger partial charge < -0.3 is 5.11 Å². The number of phenolic OH excluding ortho intramolecular Hbond substituents is 1. The van der Waals surface area contributed by atoms with Crippen molar-refractivity contribution in [3.63, 3.8) is 0 Å². The molecular weight excluding hydrogens is 481 g/mol. The Kier molecular flexibility index (Phi) is 9.99. The average Bonchev–Trinajstić information content (AvgIpc) is 2.87. The van der Waals surface area contributed by atoms with Crippen LogP contribution < -0.4 is 5.30 Å². The summed E-state index contributed by atoms with van der Waals surface area (Å²) < 4.78 is 0. The van der Waals surface area contributed by atoms with E-state index < -0.39 is 0 Å². The maximum Gasteiger partial charge on any atom is 0.123 e. The highest BCUT2D eigenvalue weighted by atomic mass is 31.1. The predicted octanol–water partition coefficient (Wildman–Crippen LogP) is 9.93. The molecule has 38 heavy (non-hydrogen) atoms. The fourth-order valence-electron chi connectivity index (χ4n) is 5.04. The number of aromatic hydroxyl groups is 1. The summed E-state index contributed by atoms with van der Waals surface area (Å²) in [5.74, 6) is 0.492. The van der Waals surface area contributed by atoms with Gasteiger partial charge in [0.05, 0.1) is 5.69 Å². The van der Waals surface area contributed by atoms with Gasteiger partial charge in [0.15, 0.2) is 0 Å². The molecule has 2 unspecified atom stereocenters. The van der Waals surface area contributed by atoms with E-state index in [1.54, 1.807) is 0 Å². The van der Waals surface area contributed by atoms with Crippen LogP contribution in [0.3, 0.4) is 0 Å². The van der Waals surface area contributed by atoms with Gasteiger partial charge in [0.25, 0.3) is 0 Å². The third-order valence-electron chi connectivity index (χ3n) is 7.55. The van der Waals surface area contributed by atoms with E-state index >= 15 is 0 Å². The summed E-state index contributed by atoms with van der Waals surface area (Å²) in [4.78, 5) is 4.78. The largest absolute Gasteiger partial charge is 0.507 e. The van der Waals surface area contributed by atoms with Crippen LogP contribution in [0.25, 0.3) is 0 Å². The lowest BCUT2D eigenvalue weighted by Crippen LogP contribution is -2.27. The molecule has 0 aliphatic carbocycles. The number of nitrogens with zero attached hydrogens (tertiary/aromatic N) is 1. The molecule has 3 aromatic carbocycles. The second-order valence-corrected chi connectivity index (χ2v) is 14.4. The third kappa shape index (κ3) is 7.35. The Labute approximate surface area is 233 Å². The zero-order chi connectivity index (χ0) is 28.0. The van der Waals surface area contributed by atoms with Crippen LogP contribution in [0.15, 0.2) is 71.7 Å². The molecule has 2 atom stereocenters. The van der Waals surface area contributed by atoms with E-state index in [9.17, 15) is 5.11 Å². The van der Waals surface area contributed by atoms with E-state index in [0.717, 1.165) is 41.6 Å². The summed E-state index contributed by atoms with van der Waals surface area (Å²) in [5.41, 5.74) is 5.44. The molecule has 1 N–H and O–H groups in total. The van der Waals surface area contributed by atoms with Crippen molar-refractivity contribution >= 4 is 25.8 Å². The van der Waals surface area contributed by atoms with Crippen LogP contribution in [0, 0.1) is 0 Å². The Morgan fingerprint density at radius 2 is 1.42 bits per heavy atom. The minimum Gasteiger partial charge on any atom is -0.507 e. The minimum absolute atomic E-state index is 0.00525. The molecule has 0 saturated heterocycles. The molecule has 0 saturated carbocycles. The van der Waals surface area contributed by atoms with Crippen LogP contribution in [0.1, 0.15) is 110 Å². The first kappa shape index (κ1) is 30.1. The molecular formula is C35H48NOP. The quantitative estimate of drug-likeness (QED) is 0.158. The Balaban J connectivity index is 2.19. The van der Waals surface area contributed by atoms with E-state index in [1.807, 2.05) is 36.5 Å². The van der Waals surface area contributed by atoms with Gasteiger partial charge in [-0.25, -0.2) is 0 Å². The van der Waals surface area contributed by atoms with Crippen LogP contribution in [0.2, 0.25) is 0 Å². The standard InChI is InChI=1S/C35H48NOP/c1-9-11-17-22-35(10-2,30-24-27(33(3,4)5)23-29(32(30)37)34(6,7)8)38-31-21-16-15-18-26(31)25-36-28-19-13-12-14-20-28/h12-16,18-21,23-25,37-38H,9-11,17,22H2,1-8H3. The smallest absolute Gasteiger partial charge is 0.123 e. The molecule has 0 spiro atoms. The highest BCUT2D eigenvalue weighted by molar-refractivity contribution is 7.48. The fourth-order valence-corrected chi connectivity index (χ4v) is 6.83. The van der Waals surface area contributed by atoms with Crippen molar-refractivity contribution in [2.75, 3.05) is 0 Å². The summed E-state index contributed by atoms with van der Waals surface area (Å²) in [6.07, 6.45) is 7.59. The topological polar surface area (TPSA) is 32.6 Å². The number of aliphatic imine (C=N–C) groups is 1. The number of phenols is 1. The van der Waals surface area contributed by atoms with E-state index in [0.29, 0.717) is 14.3 Å². The Morgan fingerprint density at radius 1 is 0.789 bits per heavy atom. The van der Waals surface area contributed by atoms with Crippen LogP contribution in [-0.4, -0.2) is 11.3 Å². The average molecular weight is 530 g/mol. The van der Waals surface area contributed by atoms with Gasteiger partial charge in [-0.1, -0.05) is 138 Å². The van der Waals surface area contributed by atoms with Crippen LogP contribution in [0.5, 0.6) is 5.75 Å². The van der Waals surface area contributed by atoms with Gasteiger partial charge in [0.2, 0.25) is 0 Å². The number of unbranched alkanes of at least 4 members (excludes halogenated alkanes) is 2. The lowest BCUT2D eigenvalue weighted by atomic mass is 9.76. The van der Waals surface area contributed by atoms with E-state index in [1.165, 1.54) is 23.7 Å². The lowest BCUT2D eigenvalue weighted by molar-refractivity contribution is 0.415. The zero-order valence-electron chi connectivity index (χ0n) is 24.9. The highest BCUT2D eigenvalue weighted by Gasteiger charge is 2.37. The summed E-state index contributed by atoms with van der Waals surface area (Å²) in [7, 11) is 0.526. The molecule has 3 rings (SSSR count). The third-order valence-corrected chi connectivity index (χ3v) is 9.63. The Hall–Kier alpha value is -2.44. The number of para-hydroxylation sites is 1. The van der Waals surface area contributed by atoms with Crippen molar-refractivity contribution in [3.8, 4) is 5.75 Å². The molecule has 0 heterocycles. The monoisotopic (exact) mass is 529 g/mol. The molecule has 0 fully saturated rings. The molecule has 0 aliphatic heterocycles. The highest BCUT2D eigenvalue weighted by Crippen LogP contribution is 2.53. The Bertz CT molecular complexity index is 1220. The fraction of sp³-hybridized carbons (Fsp3) is 0.457. The predicted molar refractivity (Wildman–Crippen MR) is 170 cm³/mol. The summed E-state index contributed by atoms with van der Waals surface area (Å²) >= 11 is 0. The number of hydrogen-bond donors (Lipinski definition) is 1. The van der Waals surface area contributed by atoms with Gasteiger partial charge in [0.1, 0.15) is 5.75 Å². The molecule has 3 aromatic rings. The van der Waals surface area contributed by atoms with E-state index in [-0.39, 0.29) is 16.0 Å². The van der Waals surface area contributed by atoms with Crippen LogP contribution >= 0.6 is 8.58 Å². The number of rotatable bonds is 10. The first-order valence-electron chi connectivity index (χ1n) is 14.3. The lowest BCUT2D eigenvalue weighted by Gasteiger charge is -2.38. The summed E-state index contributed by atoms with van der Waals surface area (Å²) in [6.45, 7) is 18.0.